The molecule has 2 rings (SSSR count). The Balaban J connectivity index is 1.90. The van der Waals surface area contributed by atoms with Gasteiger partial charge < -0.3 is 5.32 Å². The van der Waals surface area contributed by atoms with Gasteiger partial charge in [-0.2, -0.15) is 0 Å². The Morgan fingerprint density at radius 3 is 2.71 bits per heavy atom. The Kier molecular flexibility index (Phi) is 3.88. The highest BCUT2D eigenvalue weighted by molar-refractivity contribution is 6.28. The van der Waals surface area contributed by atoms with Gasteiger partial charge in [0.25, 0.3) is 0 Å². The summed E-state index contributed by atoms with van der Waals surface area (Å²) in [6, 6.07) is 5.87. The normalized spacial score (nSPS) is 10.2. The summed E-state index contributed by atoms with van der Waals surface area (Å²) in [4.78, 5) is 12.1. The quantitative estimate of drug-likeness (QED) is 0.845. The van der Waals surface area contributed by atoms with Crippen LogP contribution in [0, 0.1) is 6.92 Å². The molecule has 0 fully saturated rings. The van der Waals surface area contributed by atoms with Crippen molar-refractivity contribution in [1.29, 1.82) is 0 Å². The van der Waals surface area contributed by atoms with Gasteiger partial charge in [0.05, 0.1) is 0 Å². The molecule has 17 heavy (non-hydrogen) atoms. The van der Waals surface area contributed by atoms with Crippen LogP contribution in [-0.4, -0.2) is 21.5 Å². The number of aromatic nitrogens is 3. The average Bonchev–Trinajstić information content (AvgIpc) is 2.29. The lowest BCUT2D eigenvalue weighted by molar-refractivity contribution is 0.988. The van der Waals surface area contributed by atoms with E-state index in [4.69, 9.17) is 11.6 Å². The standard InChI is InChI=1S/C12H13ClN4/c1-9-8-11(17-12(13)16-9)15-7-4-10-2-5-14-6-3-10/h2-3,5-6,8H,4,7H2,1H3,(H,15,16,17). The molecule has 0 atom stereocenters. The molecular weight excluding hydrogens is 236 g/mol. The third-order valence-corrected chi connectivity index (χ3v) is 2.47. The third kappa shape index (κ3) is 3.67. The zero-order chi connectivity index (χ0) is 12.1. The Morgan fingerprint density at radius 2 is 2.00 bits per heavy atom. The Morgan fingerprint density at radius 1 is 1.24 bits per heavy atom. The van der Waals surface area contributed by atoms with Crippen LogP contribution in [-0.2, 0) is 6.42 Å². The van der Waals surface area contributed by atoms with Gasteiger partial charge in [-0.3, -0.25) is 4.98 Å². The van der Waals surface area contributed by atoms with Crippen LogP contribution in [0.2, 0.25) is 5.28 Å². The van der Waals surface area contributed by atoms with Crippen molar-refractivity contribution in [2.75, 3.05) is 11.9 Å². The fraction of sp³-hybridized carbons (Fsp3) is 0.250. The van der Waals surface area contributed by atoms with E-state index < -0.39 is 0 Å². The van der Waals surface area contributed by atoms with E-state index in [-0.39, 0.29) is 5.28 Å². The van der Waals surface area contributed by atoms with Crippen LogP contribution >= 0.6 is 11.6 Å². The SMILES string of the molecule is Cc1cc(NCCc2ccncc2)nc(Cl)n1. The first-order chi connectivity index (χ1) is 8.24. The molecule has 0 unspecified atom stereocenters. The van der Waals surface area contributed by atoms with Gasteiger partial charge in [0.1, 0.15) is 5.82 Å². The lowest BCUT2D eigenvalue weighted by atomic mass is 10.2. The van der Waals surface area contributed by atoms with Gasteiger partial charge in [-0.1, -0.05) is 0 Å². The maximum Gasteiger partial charge on any atom is 0.224 e. The number of hydrogen-bond donors (Lipinski definition) is 1. The second-order valence-electron chi connectivity index (χ2n) is 3.70. The summed E-state index contributed by atoms with van der Waals surface area (Å²) in [5.74, 6) is 0.761. The van der Waals surface area contributed by atoms with Gasteiger partial charge in [-0.25, -0.2) is 9.97 Å². The van der Waals surface area contributed by atoms with Crippen LogP contribution in [0.5, 0.6) is 0 Å². The largest absolute Gasteiger partial charge is 0.370 e. The van der Waals surface area contributed by atoms with E-state index in [1.807, 2.05) is 25.1 Å². The first-order valence-electron chi connectivity index (χ1n) is 5.38. The van der Waals surface area contributed by atoms with Crippen molar-refractivity contribution >= 4 is 17.4 Å². The third-order valence-electron chi connectivity index (χ3n) is 2.30. The molecular formula is C12H13ClN4. The molecule has 0 aromatic carbocycles. The molecule has 2 aromatic rings. The smallest absolute Gasteiger partial charge is 0.224 e. The number of aryl methyl sites for hydroxylation is 1. The first kappa shape index (κ1) is 11.8. The van der Waals surface area contributed by atoms with Gasteiger partial charge in [0, 0.05) is 30.7 Å². The molecule has 0 radical (unpaired) electrons. The zero-order valence-corrected chi connectivity index (χ0v) is 10.3. The molecule has 0 aliphatic rings. The van der Waals surface area contributed by atoms with Crippen LogP contribution in [0.4, 0.5) is 5.82 Å². The predicted octanol–water partition coefficient (Wildman–Crippen LogP) is 2.49. The fourth-order valence-corrected chi connectivity index (χ4v) is 1.73. The van der Waals surface area contributed by atoms with Gasteiger partial charge in [-0.05, 0) is 42.6 Å². The lowest BCUT2D eigenvalue weighted by Gasteiger charge is -2.06. The summed E-state index contributed by atoms with van der Waals surface area (Å²) in [6.07, 6.45) is 4.51. The molecule has 2 heterocycles. The second kappa shape index (κ2) is 5.59. The fourth-order valence-electron chi connectivity index (χ4n) is 1.51. The molecule has 0 spiro atoms. The van der Waals surface area contributed by atoms with Crippen molar-refractivity contribution in [3.63, 3.8) is 0 Å². The Hall–Kier alpha value is -1.68. The number of hydrogen-bond acceptors (Lipinski definition) is 4. The predicted molar refractivity (Wildman–Crippen MR) is 68.2 cm³/mol. The van der Waals surface area contributed by atoms with Crippen LogP contribution in [0.15, 0.2) is 30.6 Å². The molecule has 0 saturated heterocycles. The van der Waals surface area contributed by atoms with Crippen LogP contribution < -0.4 is 5.32 Å². The molecule has 0 saturated carbocycles. The minimum atomic E-state index is 0.274. The van der Waals surface area contributed by atoms with Crippen molar-refractivity contribution in [3.05, 3.63) is 47.1 Å². The first-order valence-corrected chi connectivity index (χ1v) is 5.76. The topological polar surface area (TPSA) is 50.7 Å². The summed E-state index contributed by atoms with van der Waals surface area (Å²) in [5.41, 5.74) is 2.10. The van der Waals surface area contributed by atoms with Crippen molar-refractivity contribution < 1.29 is 0 Å². The number of pyridine rings is 1. The number of nitrogens with one attached hydrogen (secondary N) is 1. The van der Waals surface area contributed by atoms with Crippen LogP contribution in [0.3, 0.4) is 0 Å². The lowest BCUT2D eigenvalue weighted by Crippen LogP contribution is -2.07. The van der Waals surface area contributed by atoms with E-state index in [0.717, 1.165) is 24.5 Å². The van der Waals surface area contributed by atoms with E-state index in [1.54, 1.807) is 12.4 Å². The summed E-state index contributed by atoms with van der Waals surface area (Å²) < 4.78 is 0. The van der Waals surface area contributed by atoms with Crippen molar-refractivity contribution in [2.45, 2.75) is 13.3 Å². The molecule has 1 N–H and O–H groups in total. The van der Waals surface area contributed by atoms with E-state index in [1.165, 1.54) is 5.56 Å². The molecule has 5 heteroatoms. The molecule has 0 aliphatic carbocycles. The van der Waals surface area contributed by atoms with Crippen molar-refractivity contribution in [2.24, 2.45) is 0 Å². The molecule has 0 bridgehead atoms. The van der Waals surface area contributed by atoms with Gasteiger partial charge in [-0.15, -0.1) is 0 Å². The van der Waals surface area contributed by atoms with Gasteiger partial charge in [0.2, 0.25) is 5.28 Å². The van der Waals surface area contributed by atoms with E-state index in [9.17, 15) is 0 Å². The minimum absolute atomic E-state index is 0.274. The zero-order valence-electron chi connectivity index (χ0n) is 9.52. The summed E-state index contributed by atoms with van der Waals surface area (Å²) in [6.45, 7) is 2.69. The molecule has 0 amide bonds. The summed E-state index contributed by atoms with van der Waals surface area (Å²) >= 11 is 5.78. The van der Waals surface area contributed by atoms with Crippen molar-refractivity contribution in [3.8, 4) is 0 Å². The molecule has 2 aromatic heterocycles. The number of nitrogens with zero attached hydrogens (tertiary/aromatic N) is 3. The maximum atomic E-state index is 5.78. The van der Waals surface area contributed by atoms with Gasteiger partial charge >= 0.3 is 0 Å². The molecule has 0 aliphatic heterocycles. The Labute approximate surface area is 105 Å². The summed E-state index contributed by atoms with van der Waals surface area (Å²) in [5, 5.41) is 3.49. The van der Waals surface area contributed by atoms with Crippen molar-refractivity contribution in [1.82, 2.24) is 15.0 Å². The van der Waals surface area contributed by atoms with Crippen LogP contribution in [0.25, 0.3) is 0 Å². The van der Waals surface area contributed by atoms with E-state index in [2.05, 4.69) is 20.3 Å². The summed E-state index contributed by atoms with van der Waals surface area (Å²) in [7, 11) is 0. The maximum absolute atomic E-state index is 5.78. The van der Waals surface area contributed by atoms with Gasteiger partial charge in [0.15, 0.2) is 0 Å². The highest BCUT2D eigenvalue weighted by Crippen LogP contribution is 2.09. The Bertz CT molecular complexity index is 467. The number of anilines is 1. The van der Waals surface area contributed by atoms with E-state index >= 15 is 0 Å². The monoisotopic (exact) mass is 248 g/mol. The average molecular weight is 249 g/mol. The number of rotatable bonds is 4. The van der Waals surface area contributed by atoms with Crippen LogP contribution in [0.1, 0.15) is 11.3 Å². The number of halogens is 1. The second-order valence-corrected chi connectivity index (χ2v) is 4.03. The highest BCUT2D eigenvalue weighted by Gasteiger charge is 1.99. The minimum Gasteiger partial charge on any atom is -0.370 e. The van der Waals surface area contributed by atoms with E-state index in [0.29, 0.717) is 0 Å². The highest BCUT2D eigenvalue weighted by atomic mass is 35.5. The molecule has 4 nitrogen and oxygen atoms in total. The molecule has 88 valence electrons.